The maximum atomic E-state index is 12.5. The molecule has 0 rings (SSSR count). The fraction of sp³-hybridized carbons (Fsp3) is 0.778. The molecule has 0 radical (unpaired) electrons. The first-order valence-electron chi connectivity index (χ1n) is 5.30. The third-order valence-corrected chi connectivity index (χ3v) is 2.20. The van der Waals surface area contributed by atoms with E-state index < -0.39 is 30.9 Å². The highest BCUT2D eigenvalue weighted by molar-refractivity contribution is 5.78. The van der Waals surface area contributed by atoms with E-state index in [-0.39, 0.29) is 25.3 Å². The smallest absolute Gasteiger partial charge is 0.326 e. The topological polar surface area (TPSA) is 137 Å². The molecule has 0 aromatic rings. The molecule has 0 fully saturated rings. The maximum absolute atomic E-state index is 12.5. The van der Waals surface area contributed by atoms with Gasteiger partial charge in [0, 0.05) is 6.54 Å². The van der Waals surface area contributed by atoms with Gasteiger partial charge in [-0.1, -0.05) is 0 Å². The molecule has 0 aliphatic carbocycles. The van der Waals surface area contributed by atoms with E-state index in [1.807, 2.05) is 0 Å². The Morgan fingerprint density at radius 1 is 1.37 bits per heavy atom. The van der Waals surface area contributed by atoms with E-state index in [2.05, 4.69) is 9.73 Å². The fourth-order valence-electron chi connectivity index (χ4n) is 1.14. The molecule has 112 valence electrons. The Bertz CT molecular complexity index is 326. The maximum Gasteiger partial charge on any atom is 0.326 e. The average Bonchev–Trinajstić information content (AvgIpc) is 2.31. The second-order valence-electron chi connectivity index (χ2n) is 3.87. The Morgan fingerprint density at radius 3 is 2.37 bits per heavy atom. The lowest BCUT2D eigenvalue weighted by Gasteiger charge is -2.25. The van der Waals surface area contributed by atoms with Crippen LogP contribution in [-0.4, -0.2) is 48.5 Å². The van der Waals surface area contributed by atoms with Crippen molar-refractivity contribution in [2.75, 3.05) is 13.2 Å². The quantitative estimate of drug-likeness (QED) is 0.254. The number of carboxylic acids is 1. The molecule has 10 heteroatoms. The predicted octanol–water partition coefficient (Wildman–Crippen LogP) is -0.601. The van der Waals surface area contributed by atoms with Gasteiger partial charge in [0.05, 0.1) is 6.61 Å². The first kappa shape index (κ1) is 17.4. The number of nitrogens with zero attached hydrogens (tertiary/aromatic N) is 1. The van der Waals surface area contributed by atoms with Crippen LogP contribution in [0.3, 0.4) is 0 Å². The van der Waals surface area contributed by atoms with Gasteiger partial charge in [-0.2, -0.15) is 0 Å². The zero-order valence-corrected chi connectivity index (χ0v) is 10.1. The predicted molar refractivity (Wildman–Crippen MR) is 61.3 cm³/mol. The number of aliphatic imine (C=N–C) groups is 1. The van der Waals surface area contributed by atoms with Crippen molar-refractivity contribution in [1.82, 2.24) is 0 Å². The molecule has 0 saturated carbocycles. The molecule has 0 saturated heterocycles. The molecule has 0 aliphatic heterocycles. The third kappa shape index (κ3) is 6.82. The van der Waals surface area contributed by atoms with Gasteiger partial charge in [0.15, 0.2) is 5.96 Å². The summed E-state index contributed by atoms with van der Waals surface area (Å²) in [6, 6.07) is 0. The first-order chi connectivity index (χ1) is 8.69. The second-order valence-corrected chi connectivity index (χ2v) is 3.87. The number of nitrogens with two attached hydrogens (primary N) is 3. The third-order valence-electron chi connectivity index (χ3n) is 2.20. The van der Waals surface area contributed by atoms with Gasteiger partial charge in [0.2, 0.25) is 0 Å². The number of rotatable bonds is 9. The summed E-state index contributed by atoms with van der Waals surface area (Å²) in [7, 11) is 0. The highest BCUT2D eigenvalue weighted by Gasteiger charge is 2.36. The van der Waals surface area contributed by atoms with Crippen LogP contribution in [0.1, 0.15) is 12.8 Å². The molecule has 19 heavy (non-hydrogen) atoms. The van der Waals surface area contributed by atoms with E-state index in [4.69, 9.17) is 22.3 Å². The Hall–Kier alpha value is -1.55. The molecule has 0 aromatic carbocycles. The van der Waals surface area contributed by atoms with E-state index in [0.717, 1.165) is 0 Å². The molecular formula is C9H17F3N4O3. The zero-order valence-electron chi connectivity index (χ0n) is 10.1. The van der Waals surface area contributed by atoms with Crippen LogP contribution >= 0.6 is 0 Å². The largest absolute Gasteiger partial charge is 0.480 e. The summed E-state index contributed by atoms with van der Waals surface area (Å²) in [6.45, 7) is -0.766. The number of carbonyl (C=O) groups is 1. The molecule has 0 aromatic heterocycles. The fourth-order valence-corrected chi connectivity index (χ4v) is 1.14. The minimum atomic E-state index is -3.36. The summed E-state index contributed by atoms with van der Waals surface area (Å²) in [5.74, 6) is -1.66. The van der Waals surface area contributed by atoms with Crippen LogP contribution in [0.4, 0.5) is 13.2 Å². The molecule has 0 heterocycles. The summed E-state index contributed by atoms with van der Waals surface area (Å²) in [5.41, 5.74) is 13.6. The molecule has 2 unspecified atom stereocenters. The minimum absolute atomic E-state index is 0.114. The summed E-state index contributed by atoms with van der Waals surface area (Å²) >= 11 is 0. The number of alkyl halides is 3. The minimum Gasteiger partial charge on any atom is -0.480 e. The molecular weight excluding hydrogens is 269 g/mol. The lowest BCUT2D eigenvalue weighted by molar-refractivity contribution is -0.161. The van der Waals surface area contributed by atoms with E-state index >= 15 is 0 Å². The van der Waals surface area contributed by atoms with Gasteiger partial charge in [-0.05, 0) is 12.8 Å². The van der Waals surface area contributed by atoms with Crippen LogP contribution in [0, 0.1) is 0 Å². The van der Waals surface area contributed by atoms with Crippen LogP contribution in [0.5, 0.6) is 0 Å². The van der Waals surface area contributed by atoms with E-state index in [0.29, 0.717) is 0 Å². The molecule has 0 amide bonds. The molecule has 0 spiro atoms. The monoisotopic (exact) mass is 286 g/mol. The normalized spacial score (nSPS) is 15.8. The Morgan fingerprint density at radius 2 is 1.95 bits per heavy atom. The highest BCUT2D eigenvalue weighted by atomic mass is 19.3. The number of carboxylic acid groups (broad SMARTS) is 1. The highest BCUT2D eigenvalue weighted by Crippen LogP contribution is 2.15. The van der Waals surface area contributed by atoms with Gasteiger partial charge in [-0.25, -0.2) is 13.2 Å². The number of guanidine groups is 1. The molecule has 2 atom stereocenters. The lowest BCUT2D eigenvalue weighted by Crippen LogP contribution is -2.52. The average molecular weight is 286 g/mol. The van der Waals surface area contributed by atoms with Gasteiger partial charge in [-0.15, -0.1) is 0 Å². The van der Waals surface area contributed by atoms with Crippen LogP contribution < -0.4 is 17.2 Å². The van der Waals surface area contributed by atoms with Gasteiger partial charge >= 0.3 is 5.97 Å². The number of aliphatic carboxylic acids is 1. The van der Waals surface area contributed by atoms with Gasteiger partial charge in [0.1, 0.15) is 5.54 Å². The Balaban J connectivity index is 4.34. The number of halogens is 3. The van der Waals surface area contributed by atoms with Gasteiger partial charge in [-0.3, -0.25) is 9.79 Å². The van der Waals surface area contributed by atoms with E-state index in [1.165, 1.54) is 0 Å². The van der Waals surface area contributed by atoms with Crippen molar-refractivity contribution < 1.29 is 27.8 Å². The first-order valence-corrected chi connectivity index (χ1v) is 5.30. The van der Waals surface area contributed by atoms with E-state index in [9.17, 15) is 18.0 Å². The number of hydrogen-bond donors (Lipinski definition) is 4. The lowest BCUT2D eigenvalue weighted by atomic mass is 9.96. The van der Waals surface area contributed by atoms with Crippen molar-refractivity contribution in [3.63, 3.8) is 0 Å². The summed E-state index contributed by atoms with van der Waals surface area (Å²) in [6.07, 6.45) is -6.22. The summed E-state index contributed by atoms with van der Waals surface area (Å²) < 4.78 is 40.4. The van der Waals surface area contributed by atoms with Crippen molar-refractivity contribution in [3.05, 3.63) is 0 Å². The van der Waals surface area contributed by atoms with Crippen molar-refractivity contribution in [2.45, 2.75) is 31.2 Å². The second kappa shape index (κ2) is 7.79. The van der Waals surface area contributed by atoms with Crippen LogP contribution in [0.25, 0.3) is 0 Å². The summed E-state index contributed by atoms with van der Waals surface area (Å²) in [5, 5.41) is 8.89. The molecule has 7 nitrogen and oxygen atoms in total. The van der Waals surface area contributed by atoms with Crippen molar-refractivity contribution >= 4 is 11.9 Å². The zero-order chi connectivity index (χ0) is 15.1. The van der Waals surface area contributed by atoms with Crippen LogP contribution in [-0.2, 0) is 9.53 Å². The van der Waals surface area contributed by atoms with Crippen molar-refractivity contribution in [1.29, 1.82) is 0 Å². The van der Waals surface area contributed by atoms with Crippen LogP contribution in [0.2, 0.25) is 0 Å². The number of hydrogen-bond acceptors (Lipinski definition) is 4. The molecule has 7 N–H and O–H groups in total. The van der Waals surface area contributed by atoms with Gasteiger partial charge < -0.3 is 27.0 Å². The Labute approximate surface area is 107 Å². The van der Waals surface area contributed by atoms with Gasteiger partial charge in [0.25, 0.3) is 12.8 Å². The molecule has 0 bridgehead atoms. The van der Waals surface area contributed by atoms with Crippen molar-refractivity contribution in [2.24, 2.45) is 22.2 Å². The number of ether oxygens (including phenoxy) is 1. The van der Waals surface area contributed by atoms with Crippen LogP contribution in [0.15, 0.2) is 4.99 Å². The standard InChI is InChI=1S/C9H17F3N4O3/c10-5(11)6(12)19-4-9(15,7(17)18)2-1-3-16-8(13)14/h5-6H,1-4,15H2,(H,17,18)(H4,13,14,16). The van der Waals surface area contributed by atoms with Crippen molar-refractivity contribution in [3.8, 4) is 0 Å². The Kier molecular flexibility index (Phi) is 7.16. The molecule has 0 aliphatic rings. The van der Waals surface area contributed by atoms with E-state index in [1.54, 1.807) is 0 Å². The summed E-state index contributed by atoms with van der Waals surface area (Å²) in [4.78, 5) is 14.5. The SMILES string of the molecule is NC(N)=NCCCC(N)(COC(F)C(F)F)C(=O)O.